The van der Waals surface area contributed by atoms with Gasteiger partial charge >= 0.3 is 0 Å². The van der Waals surface area contributed by atoms with Gasteiger partial charge in [0.2, 0.25) is 0 Å². The summed E-state index contributed by atoms with van der Waals surface area (Å²) >= 11 is 0. The molecule has 0 amide bonds. The van der Waals surface area contributed by atoms with Crippen molar-refractivity contribution in [3.63, 3.8) is 0 Å². The number of anilines is 1. The molecule has 2 rings (SSSR count). The van der Waals surface area contributed by atoms with E-state index < -0.39 is 0 Å². The molecule has 4 nitrogen and oxygen atoms in total. The Morgan fingerprint density at radius 3 is 2.42 bits per heavy atom. The SMILES string of the molecule is CCCOc1ccc(-c2nc(C)nc(C)c2N)cc1. The molecule has 4 heteroatoms. The fraction of sp³-hybridized carbons (Fsp3) is 0.333. The number of nitrogen functional groups attached to an aromatic ring is 1. The summed E-state index contributed by atoms with van der Waals surface area (Å²) in [5.74, 6) is 1.60. The average molecular weight is 257 g/mol. The number of ether oxygens (including phenoxy) is 1. The van der Waals surface area contributed by atoms with Crippen molar-refractivity contribution in [3.05, 3.63) is 35.8 Å². The van der Waals surface area contributed by atoms with Crippen molar-refractivity contribution in [2.45, 2.75) is 27.2 Å². The topological polar surface area (TPSA) is 61.0 Å². The first-order valence-corrected chi connectivity index (χ1v) is 6.45. The Labute approximate surface area is 113 Å². The van der Waals surface area contributed by atoms with E-state index in [1.807, 2.05) is 38.1 Å². The normalized spacial score (nSPS) is 10.5. The van der Waals surface area contributed by atoms with Crippen molar-refractivity contribution in [3.8, 4) is 17.0 Å². The first kappa shape index (κ1) is 13.3. The molecule has 0 saturated carbocycles. The number of hydrogen-bond donors (Lipinski definition) is 1. The largest absolute Gasteiger partial charge is 0.494 e. The zero-order valence-electron chi connectivity index (χ0n) is 11.6. The molecule has 1 aromatic carbocycles. The van der Waals surface area contributed by atoms with Crippen LogP contribution < -0.4 is 10.5 Å². The van der Waals surface area contributed by atoms with E-state index in [0.29, 0.717) is 5.69 Å². The summed E-state index contributed by atoms with van der Waals surface area (Å²) in [6.45, 7) is 6.58. The summed E-state index contributed by atoms with van der Waals surface area (Å²) in [5, 5.41) is 0. The number of aryl methyl sites for hydroxylation is 2. The van der Waals surface area contributed by atoms with Gasteiger partial charge in [-0.15, -0.1) is 0 Å². The minimum Gasteiger partial charge on any atom is -0.494 e. The van der Waals surface area contributed by atoms with Gasteiger partial charge in [-0.2, -0.15) is 0 Å². The van der Waals surface area contributed by atoms with Crippen LogP contribution in [0.4, 0.5) is 5.69 Å². The predicted octanol–water partition coefficient (Wildman–Crippen LogP) is 3.13. The summed E-state index contributed by atoms with van der Waals surface area (Å²) in [4.78, 5) is 8.68. The van der Waals surface area contributed by atoms with Gasteiger partial charge in [0.05, 0.1) is 23.7 Å². The van der Waals surface area contributed by atoms with Gasteiger partial charge in [0.1, 0.15) is 11.6 Å². The standard InChI is InChI=1S/C15H19N3O/c1-4-9-19-13-7-5-12(6-8-13)15-14(16)10(2)17-11(3)18-15/h5-8H,4,9,16H2,1-3H3. The van der Waals surface area contributed by atoms with E-state index >= 15 is 0 Å². The van der Waals surface area contributed by atoms with Crippen LogP contribution >= 0.6 is 0 Å². The minimum absolute atomic E-state index is 0.632. The van der Waals surface area contributed by atoms with Crippen LogP contribution in [0.2, 0.25) is 0 Å². The molecular weight excluding hydrogens is 238 g/mol. The summed E-state index contributed by atoms with van der Waals surface area (Å²) in [6, 6.07) is 7.83. The van der Waals surface area contributed by atoms with Crippen molar-refractivity contribution < 1.29 is 4.74 Å². The number of nitrogens with two attached hydrogens (primary N) is 1. The Bertz CT molecular complexity index is 564. The molecule has 2 aromatic rings. The van der Waals surface area contributed by atoms with Gasteiger partial charge in [0.25, 0.3) is 0 Å². The summed E-state index contributed by atoms with van der Waals surface area (Å²) in [7, 11) is 0. The Hall–Kier alpha value is -2.10. The van der Waals surface area contributed by atoms with Crippen molar-refractivity contribution in [1.82, 2.24) is 9.97 Å². The molecule has 0 fully saturated rings. The maximum absolute atomic E-state index is 6.05. The van der Waals surface area contributed by atoms with Gasteiger partial charge < -0.3 is 10.5 Å². The van der Waals surface area contributed by atoms with Crippen LogP contribution in [0.1, 0.15) is 24.9 Å². The van der Waals surface area contributed by atoms with Crippen LogP contribution in [-0.4, -0.2) is 16.6 Å². The van der Waals surface area contributed by atoms with Gasteiger partial charge in [-0.25, -0.2) is 9.97 Å². The van der Waals surface area contributed by atoms with Gasteiger partial charge in [0.15, 0.2) is 0 Å². The van der Waals surface area contributed by atoms with E-state index in [9.17, 15) is 0 Å². The highest BCUT2D eigenvalue weighted by molar-refractivity contribution is 5.74. The first-order valence-electron chi connectivity index (χ1n) is 6.45. The molecule has 100 valence electrons. The van der Waals surface area contributed by atoms with Crippen LogP contribution in [0.5, 0.6) is 5.75 Å². The maximum Gasteiger partial charge on any atom is 0.126 e. The van der Waals surface area contributed by atoms with E-state index in [2.05, 4.69) is 16.9 Å². The second-order valence-corrected chi connectivity index (χ2v) is 4.49. The maximum atomic E-state index is 6.05. The van der Waals surface area contributed by atoms with E-state index in [-0.39, 0.29) is 0 Å². The molecular formula is C15H19N3O. The zero-order valence-corrected chi connectivity index (χ0v) is 11.6. The average Bonchev–Trinajstić information content (AvgIpc) is 2.41. The van der Waals surface area contributed by atoms with Gasteiger partial charge in [-0.1, -0.05) is 6.92 Å². The van der Waals surface area contributed by atoms with Crippen LogP contribution in [0.15, 0.2) is 24.3 Å². The molecule has 0 atom stereocenters. The summed E-state index contributed by atoms with van der Waals surface area (Å²) in [6.07, 6.45) is 0.999. The highest BCUT2D eigenvalue weighted by Gasteiger charge is 2.09. The molecule has 0 radical (unpaired) electrons. The monoisotopic (exact) mass is 257 g/mol. The molecule has 0 aliphatic carbocycles. The third-order valence-corrected chi connectivity index (χ3v) is 2.85. The van der Waals surface area contributed by atoms with Crippen LogP contribution in [0.3, 0.4) is 0 Å². The fourth-order valence-corrected chi connectivity index (χ4v) is 1.87. The first-order chi connectivity index (χ1) is 9.11. The van der Waals surface area contributed by atoms with Crippen LogP contribution in [0.25, 0.3) is 11.3 Å². The lowest BCUT2D eigenvalue weighted by Gasteiger charge is -2.09. The van der Waals surface area contributed by atoms with Crippen LogP contribution in [-0.2, 0) is 0 Å². The van der Waals surface area contributed by atoms with Crippen molar-refractivity contribution in [2.24, 2.45) is 0 Å². The molecule has 1 heterocycles. The Morgan fingerprint density at radius 2 is 1.79 bits per heavy atom. The minimum atomic E-state index is 0.632. The van der Waals surface area contributed by atoms with Crippen molar-refractivity contribution in [2.75, 3.05) is 12.3 Å². The molecule has 0 aliphatic rings. The Kier molecular flexibility index (Phi) is 4.00. The highest BCUT2D eigenvalue weighted by Crippen LogP contribution is 2.27. The van der Waals surface area contributed by atoms with Crippen LogP contribution in [0, 0.1) is 13.8 Å². The second kappa shape index (κ2) is 5.69. The predicted molar refractivity (Wildman–Crippen MR) is 77.1 cm³/mol. The number of nitrogens with zero attached hydrogens (tertiary/aromatic N) is 2. The lowest BCUT2D eigenvalue weighted by atomic mass is 10.1. The third kappa shape index (κ3) is 3.02. The van der Waals surface area contributed by atoms with E-state index in [1.165, 1.54) is 0 Å². The number of benzene rings is 1. The van der Waals surface area contributed by atoms with Gasteiger partial charge in [-0.3, -0.25) is 0 Å². The highest BCUT2D eigenvalue weighted by atomic mass is 16.5. The van der Waals surface area contributed by atoms with Crippen molar-refractivity contribution >= 4 is 5.69 Å². The zero-order chi connectivity index (χ0) is 13.8. The molecule has 0 bridgehead atoms. The number of hydrogen-bond acceptors (Lipinski definition) is 4. The van der Waals surface area contributed by atoms with Gasteiger partial charge in [-0.05, 0) is 44.5 Å². The smallest absolute Gasteiger partial charge is 0.126 e. The molecule has 0 saturated heterocycles. The molecule has 2 N–H and O–H groups in total. The number of aromatic nitrogens is 2. The lowest BCUT2D eigenvalue weighted by Crippen LogP contribution is -2.02. The number of rotatable bonds is 4. The van der Waals surface area contributed by atoms with E-state index in [4.69, 9.17) is 10.5 Å². The van der Waals surface area contributed by atoms with Gasteiger partial charge in [0, 0.05) is 5.56 Å². The fourth-order valence-electron chi connectivity index (χ4n) is 1.87. The molecule has 0 aliphatic heterocycles. The quantitative estimate of drug-likeness (QED) is 0.914. The lowest BCUT2D eigenvalue weighted by molar-refractivity contribution is 0.317. The van der Waals surface area contributed by atoms with E-state index in [1.54, 1.807) is 0 Å². The molecule has 0 spiro atoms. The summed E-state index contributed by atoms with van der Waals surface area (Å²) in [5.41, 5.74) is 9.26. The molecule has 1 aromatic heterocycles. The molecule has 0 unspecified atom stereocenters. The Morgan fingerprint density at radius 1 is 1.11 bits per heavy atom. The van der Waals surface area contributed by atoms with E-state index in [0.717, 1.165) is 41.6 Å². The molecule has 19 heavy (non-hydrogen) atoms. The third-order valence-electron chi connectivity index (χ3n) is 2.85. The Balaban J connectivity index is 2.32. The van der Waals surface area contributed by atoms with Crippen molar-refractivity contribution in [1.29, 1.82) is 0 Å². The summed E-state index contributed by atoms with van der Waals surface area (Å²) < 4.78 is 5.56. The second-order valence-electron chi connectivity index (χ2n) is 4.49.